The molecule has 4 aromatic rings. The summed E-state index contributed by atoms with van der Waals surface area (Å²) in [6, 6.07) is -1.32. The number of aliphatic hydroxyl groups is 2. The standard InChI is InChI=1S/C85H125N21O24/c1-8-45(6)69(82(127)102-57(34-43(2)3)76(121)98-58(35-47-18-10-9-11-19-47)77(122)99-59(36-48-25-27-50(109)28-26-48)78(123)100-60(79(124)103-62(84(129)130)38-64(87)110)37-49-40-92-52-21-13-12-20-51(49)52)105-81(126)68(44(4)5)104-83(128)70(46(7)108)106-80(125)63(42-107)94-65(111)41-93-71(116)61(39-67(114)115)101-75(120)56(29-30-66(112)113)97-73(118)54(22-14-15-31-86)96-74(119)55(24-17-33-91-85(88)89)95-72(117)53-23-16-32-90-53/h9-13,18-21,25-28,40,43-46,53-63,68-70,90,92,107-109H,8,14-17,22-24,29-39,41-42,86H2,1-7H3,(H2,87,110)(H,93,116)(H,94,111)(H,95,117)(H,96,119)(H,97,118)(H,98,121)(H,99,122)(H,100,123)(H,101,120)(H,102,127)(H,103,124)(H,104,128)(H,105,126)(H,106,125)(H,112,113)(H,114,115)(H,129,130)(H4,88,89,91)/t45-,46+,53-,54-,55-,56-,57-,58-,59-,60-,61-,62-,63-,68-,69-,70-/m0/s1. The van der Waals surface area contributed by atoms with E-state index >= 15 is 4.79 Å². The zero-order valence-electron chi connectivity index (χ0n) is 73.6. The molecule has 1 aromatic heterocycles. The highest BCUT2D eigenvalue weighted by atomic mass is 16.4. The zero-order valence-corrected chi connectivity index (χ0v) is 73.6. The van der Waals surface area contributed by atoms with Crippen molar-refractivity contribution in [1.29, 1.82) is 5.41 Å². The lowest BCUT2D eigenvalue weighted by atomic mass is 9.95. The van der Waals surface area contributed by atoms with Crippen molar-refractivity contribution in [2.24, 2.45) is 35.0 Å². The highest BCUT2D eigenvalue weighted by molar-refractivity contribution is 6.02. The van der Waals surface area contributed by atoms with E-state index in [1.807, 2.05) is 0 Å². The number of aromatic hydroxyl groups is 1. The highest BCUT2D eigenvalue weighted by Gasteiger charge is 2.41. The molecule has 3 aromatic carbocycles. The molecule has 0 spiro atoms. The second kappa shape index (κ2) is 54.0. The summed E-state index contributed by atoms with van der Waals surface area (Å²) in [6.45, 7) is 9.36. The molecular weight excluding hydrogens is 1700 g/mol. The molecule has 130 heavy (non-hydrogen) atoms. The Morgan fingerprint density at radius 3 is 1.52 bits per heavy atom. The van der Waals surface area contributed by atoms with Crippen molar-refractivity contribution in [1.82, 2.24) is 90.1 Å². The van der Waals surface area contributed by atoms with Gasteiger partial charge in [0.1, 0.15) is 84.3 Å². The molecule has 45 nitrogen and oxygen atoms in total. The van der Waals surface area contributed by atoms with Crippen LogP contribution >= 0.6 is 0 Å². The molecule has 0 aliphatic carbocycles. The van der Waals surface area contributed by atoms with E-state index < -0.39 is 248 Å². The van der Waals surface area contributed by atoms with E-state index in [1.54, 1.807) is 88.5 Å². The molecule has 1 fully saturated rings. The first-order chi connectivity index (χ1) is 61.5. The van der Waals surface area contributed by atoms with Gasteiger partial charge in [-0.15, -0.1) is 0 Å². The van der Waals surface area contributed by atoms with Crippen molar-refractivity contribution in [3.63, 3.8) is 0 Å². The number of carboxylic acids is 3. The van der Waals surface area contributed by atoms with Crippen LogP contribution in [0.15, 0.2) is 85.1 Å². The normalized spacial score (nSPS) is 15.8. The summed E-state index contributed by atoms with van der Waals surface area (Å²) in [6.07, 6.45) is -2.47. The number of para-hydroxylation sites is 1. The monoisotopic (exact) mass is 1820 g/mol. The van der Waals surface area contributed by atoms with Gasteiger partial charge >= 0.3 is 17.9 Å². The smallest absolute Gasteiger partial charge is 0.326 e. The Hall–Kier alpha value is -13.4. The molecule has 30 N–H and O–H groups in total. The lowest BCUT2D eigenvalue weighted by Gasteiger charge is -2.31. The number of amides is 15. The van der Waals surface area contributed by atoms with Gasteiger partial charge in [-0.25, -0.2) is 4.79 Å². The van der Waals surface area contributed by atoms with E-state index in [9.17, 15) is 112 Å². The first-order valence-corrected chi connectivity index (χ1v) is 42.9. The summed E-state index contributed by atoms with van der Waals surface area (Å²) < 4.78 is 0. The Morgan fingerprint density at radius 1 is 0.492 bits per heavy atom. The second-order valence-corrected chi connectivity index (χ2v) is 32.6. The zero-order chi connectivity index (χ0) is 96.6. The molecule has 5 rings (SSSR count). The number of carboxylic acid groups (broad SMARTS) is 3. The molecule has 0 unspecified atom stereocenters. The number of primary amides is 1. The fourth-order valence-corrected chi connectivity index (χ4v) is 13.9. The quantitative estimate of drug-likeness (QED) is 0.0112. The molecule has 16 atom stereocenters. The van der Waals surface area contributed by atoms with E-state index in [2.05, 4.69) is 90.1 Å². The third-order valence-corrected chi connectivity index (χ3v) is 21.2. The number of hydrogen-bond acceptors (Lipinski definition) is 24. The molecule has 1 aliphatic rings. The predicted molar refractivity (Wildman–Crippen MR) is 468 cm³/mol. The maximum absolute atomic E-state index is 15.1. The topological polar surface area (TPSA) is 739 Å². The third kappa shape index (κ3) is 36.4. The van der Waals surface area contributed by atoms with Crippen molar-refractivity contribution >= 4 is 123 Å². The molecular formula is C85H125N21O24. The molecule has 1 saturated heterocycles. The number of aromatic nitrogens is 1. The molecule has 0 saturated carbocycles. The van der Waals surface area contributed by atoms with Crippen LogP contribution in [-0.4, -0.2) is 272 Å². The maximum Gasteiger partial charge on any atom is 0.326 e. The van der Waals surface area contributed by atoms with Crippen LogP contribution in [0.25, 0.3) is 10.9 Å². The summed E-state index contributed by atoms with van der Waals surface area (Å²) in [5.74, 6) is -22.8. The van der Waals surface area contributed by atoms with Gasteiger partial charge < -0.3 is 138 Å². The summed E-state index contributed by atoms with van der Waals surface area (Å²) in [5, 5.41) is 109. The van der Waals surface area contributed by atoms with E-state index in [0.29, 0.717) is 53.4 Å². The van der Waals surface area contributed by atoms with Gasteiger partial charge in [-0.2, -0.15) is 0 Å². The number of benzene rings is 3. The SMILES string of the molecule is CC[C@H](C)[C@H](NC(=O)[C@@H](NC(=O)[C@@H](NC(=O)[C@H](CO)NC(=O)CNC(=O)[C@H](CC(=O)O)NC(=O)[C@H](CCC(=O)O)NC(=O)[C@H](CCCCN)NC(=O)[C@H](CCCNC(=N)N)NC(=O)[C@@H]1CCCN1)[C@@H](C)O)C(C)C)C(=O)N[C@@H](CC(C)C)C(=O)N[C@@H](Cc1ccccc1)C(=O)N[C@@H](Cc1ccc(O)cc1)C(=O)N[C@@H](Cc1c[nH]c2ccccc12)C(=O)N[C@@H](CC(N)=O)C(=O)O. The Kier molecular flexibility index (Phi) is 44.5. The number of H-pyrrole nitrogens is 1. The van der Waals surface area contributed by atoms with Crippen molar-refractivity contribution in [2.45, 2.75) is 242 Å². The number of carbonyl (C=O) groups excluding carboxylic acids is 15. The number of aliphatic carboxylic acids is 3. The van der Waals surface area contributed by atoms with E-state index in [1.165, 1.54) is 38.1 Å². The number of phenols is 1. The molecule has 0 radical (unpaired) electrons. The van der Waals surface area contributed by atoms with Crippen LogP contribution in [0.3, 0.4) is 0 Å². The fraction of sp³-hybridized carbons (Fsp3) is 0.541. The number of aromatic amines is 1. The van der Waals surface area contributed by atoms with Gasteiger partial charge in [-0.1, -0.05) is 109 Å². The Balaban J connectivity index is 1.30. The summed E-state index contributed by atoms with van der Waals surface area (Å²) in [7, 11) is 0. The molecule has 714 valence electrons. The number of unbranched alkanes of at least 4 members (excludes halogenated alkanes) is 1. The van der Waals surface area contributed by atoms with Gasteiger partial charge in [-0.05, 0) is 130 Å². The van der Waals surface area contributed by atoms with E-state index in [0.717, 1.165) is 6.92 Å². The minimum atomic E-state index is -2.07. The van der Waals surface area contributed by atoms with E-state index in [4.69, 9.17) is 22.6 Å². The number of carbonyl (C=O) groups is 18. The number of rotatable bonds is 57. The van der Waals surface area contributed by atoms with E-state index in [-0.39, 0.29) is 88.5 Å². The molecule has 15 amide bonds. The average molecular weight is 1830 g/mol. The first-order valence-electron chi connectivity index (χ1n) is 42.9. The Morgan fingerprint density at radius 2 is 0.985 bits per heavy atom. The largest absolute Gasteiger partial charge is 0.508 e. The van der Waals surface area contributed by atoms with Crippen molar-refractivity contribution < 1.29 is 117 Å². The molecule has 45 heteroatoms. The molecule has 2 heterocycles. The van der Waals surface area contributed by atoms with Crippen LogP contribution < -0.4 is 102 Å². The number of guanidine groups is 1. The van der Waals surface area contributed by atoms with Crippen molar-refractivity contribution in [3.8, 4) is 5.75 Å². The number of hydrogen-bond donors (Lipinski definition) is 27. The fourth-order valence-electron chi connectivity index (χ4n) is 13.9. The number of nitrogens with two attached hydrogens (primary N) is 3. The second-order valence-electron chi connectivity index (χ2n) is 32.6. The van der Waals surface area contributed by atoms with Gasteiger partial charge in [0.05, 0.1) is 38.1 Å². The van der Waals surface area contributed by atoms with Crippen LogP contribution in [0.2, 0.25) is 0 Å². The summed E-state index contributed by atoms with van der Waals surface area (Å²) in [5.41, 5.74) is 18.5. The number of phenolic OH excluding ortho intramolecular Hbond substituents is 1. The van der Waals surface area contributed by atoms with Gasteiger partial charge in [-0.3, -0.25) is 86.9 Å². The van der Waals surface area contributed by atoms with Gasteiger partial charge in [0.25, 0.3) is 0 Å². The number of fused-ring (bicyclic) bond motifs is 1. The maximum atomic E-state index is 15.1. The van der Waals surface area contributed by atoms with Gasteiger partial charge in [0.2, 0.25) is 88.6 Å². The first kappa shape index (κ1) is 107. The number of aliphatic hydroxyl groups excluding tert-OH is 2. The van der Waals surface area contributed by atoms with Crippen LogP contribution in [0, 0.1) is 23.2 Å². The Labute approximate surface area is 749 Å². The Bertz CT molecular complexity index is 4570. The highest BCUT2D eigenvalue weighted by Crippen LogP contribution is 2.22. The van der Waals surface area contributed by atoms with Crippen molar-refractivity contribution in [3.05, 3.63) is 102 Å². The third-order valence-electron chi connectivity index (χ3n) is 21.2. The summed E-state index contributed by atoms with van der Waals surface area (Å²) in [4.78, 5) is 250. The molecule has 1 aliphatic heterocycles. The minimum absolute atomic E-state index is 0.00374. The predicted octanol–water partition coefficient (Wildman–Crippen LogP) is -5.11. The van der Waals surface area contributed by atoms with Gasteiger partial charge in [0, 0.05) is 49.3 Å². The lowest BCUT2D eigenvalue weighted by molar-refractivity contribution is -0.143. The van der Waals surface area contributed by atoms with Gasteiger partial charge in [0.15, 0.2) is 5.96 Å². The molecule has 0 bridgehead atoms. The summed E-state index contributed by atoms with van der Waals surface area (Å²) >= 11 is 0. The van der Waals surface area contributed by atoms with Crippen molar-refractivity contribution in [2.75, 3.05) is 32.8 Å². The number of nitrogens with one attached hydrogen (secondary N) is 18. The van der Waals surface area contributed by atoms with Crippen LogP contribution in [0.1, 0.15) is 149 Å². The van der Waals surface area contributed by atoms with Crippen LogP contribution in [-0.2, 0) is 106 Å². The lowest BCUT2D eigenvalue weighted by Crippen LogP contribution is -2.63. The average Bonchev–Trinajstić information content (AvgIpc) is 1.67. The van der Waals surface area contributed by atoms with Crippen LogP contribution in [0.4, 0.5) is 0 Å². The van der Waals surface area contributed by atoms with Crippen LogP contribution in [0.5, 0.6) is 5.75 Å². The minimum Gasteiger partial charge on any atom is -0.508 e.